The lowest BCUT2D eigenvalue weighted by molar-refractivity contribution is 0.249. The van der Waals surface area contributed by atoms with E-state index in [9.17, 15) is 4.79 Å². The van der Waals surface area contributed by atoms with Gasteiger partial charge in [-0.05, 0) is 43.0 Å². The molecule has 0 radical (unpaired) electrons. The molecule has 0 heterocycles. The predicted octanol–water partition coefficient (Wildman–Crippen LogP) is 3.28. The van der Waals surface area contributed by atoms with E-state index in [0.29, 0.717) is 0 Å². The smallest absolute Gasteiger partial charge is 0.319 e. The van der Waals surface area contributed by atoms with Gasteiger partial charge in [0, 0.05) is 11.7 Å². The summed E-state index contributed by atoms with van der Waals surface area (Å²) in [5.74, 6) is 0. The van der Waals surface area contributed by atoms with Gasteiger partial charge in [0.05, 0.1) is 0 Å². The molecule has 1 aliphatic carbocycles. The van der Waals surface area contributed by atoms with E-state index < -0.39 is 0 Å². The van der Waals surface area contributed by atoms with E-state index >= 15 is 0 Å². The van der Waals surface area contributed by atoms with Gasteiger partial charge < -0.3 is 10.6 Å². The molecule has 2 amide bonds. The third kappa shape index (κ3) is 2.82. The first-order valence-electron chi connectivity index (χ1n) is 6.92. The fraction of sp³-hybridized carbons (Fsp3) is 0.235. The Bertz CT molecular complexity index is 594. The average molecular weight is 266 g/mol. The van der Waals surface area contributed by atoms with Crippen LogP contribution in [0.3, 0.4) is 0 Å². The molecule has 2 aromatic rings. The highest BCUT2D eigenvalue weighted by atomic mass is 16.2. The number of carbonyl (C=O) groups excluding carboxylic acids is 1. The zero-order valence-electron chi connectivity index (χ0n) is 11.5. The normalized spacial score (nSPS) is 13.8. The summed E-state index contributed by atoms with van der Waals surface area (Å²) in [5.41, 5.74) is 4.69. The number of nitrogens with one attached hydrogen (secondary N) is 2. The Morgan fingerprint density at radius 3 is 2.20 bits per heavy atom. The van der Waals surface area contributed by atoms with Crippen LogP contribution in [0.5, 0.6) is 0 Å². The molecule has 3 heteroatoms. The lowest BCUT2D eigenvalue weighted by Crippen LogP contribution is -2.38. The molecule has 0 aromatic heterocycles. The van der Waals surface area contributed by atoms with E-state index in [4.69, 9.17) is 0 Å². The Labute approximate surface area is 119 Å². The van der Waals surface area contributed by atoms with Gasteiger partial charge in [0.25, 0.3) is 0 Å². The largest absolute Gasteiger partial charge is 0.334 e. The van der Waals surface area contributed by atoms with Crippen molar-refractivity contribution in [1.82, 2.24) is 5.32 Å². The fourth-order valence-corrected chi connectivity index (χ4v) is 2.65. The third-order valence-corrected chi connectivity index (χ3v) is 3.70. The summed E-state index contributed by atoms with van der Waals surface area (Å²) in [6.45, 7) is 2.03. The fourth-order valence-electron chi connectivity index (χ4n) is 2.65. The molecule has 1 aliphatic rings. The number of urea groups is 1. The van der Waals surface area contributed by atoms with Crippen LogP contribution in [0.2, 0.25) is 0 Å². The zero-order valence-corrected chi connectivity index (χ0v) is 11.5. The molecular formula is C17H18N2O. The van der Waals surface area contributed by atoms with Crippen molar-refractivity contribution in [3.63, 3.8) is 0 Å². The first-order valence-corrected chi connectivity index (χ1v) is 6.92. The second-order valence-electron chi connectivity index (χ2n) is 5.34. The maximum Gasteiger partial charge on any atom is 0.319 e. The van der Waals surface area contributed by atoms with Gasteiger partial charge in [0.2, 0.25) is 0 Å². The molecule has 3 rings (SSSR count). The summed E-state index contributed by atoms with van der Waals surface area (Å²) in [6.07, 6.45) is 1.83. The second kappa shape index (κ2) is 5.37. The van der Waals surface area contributed by atoms with E-state index in [-0.39, 0.29) is 12.1 Å². The highest BCUT2D eigenvalue weighted by molar-refractivity contribution is 5.89. The van der Waals surface area contributed by atoms with Gasteiger partial charge in [0.15, 0.2) is 0 Å². The molecule has 0 aliphatic heterocycles. The Hall–Kier alpha value is -2.29. The van der Waals surface area contributed by atoms with Crippen molar-refractivity contribution in [2.24, 2.45) is 0 Å². The number of anilines is 1. The van der Waals surface area contributed by atoms with Crippen LogP contribution in [0.25, 0.3) is 0 Å². The molecule has 0 spiro atoms. The van der Waals surface area contributed by atoms with E-state index in [0.717, 1.165) is 18.5 Å². The lowest BCUT2D eigenvalue weighted by Gasteiger charge is -2.13. The van der Waals surface area contributed by atoms with Crippen LogP contribution in [0.15, 0.2) is 48.5 Å². The maximum atomic E-state index is 12.0. The molecule has 0 unspecified atom stereocenters. The van der Waals surface area contributed by atoms with Gasteiger partial charge in [-0.15, -0.1) is 0 Å². The summed E-state index contributed by atoms with van der Waals surface area (Å²) < 4.78 is 0. The SMILES string of the molecule is Cc1ccc(NC(=O)NC2Cc3ccccc3C2)cc1. The van der Waals surface area contributed by atoms with Crippen molar-refractivity contribution >= 4 is 11.7 Å². The quantitative estimate of drug-likeness (QED) is 0.860. The molecule has 102 valence electrons. The van der Waals surface area contributed by atoms with Crippen molar-refractivity contribution in [1.29, 1.82) is 0 Å². The molecule has 0 fully saturated rings. The highest BCUT2D eigenvalue weighted by Crippen LogP contribution is 2.21. The van der Waals surface area contributed by atoms with E-state index in [1.807, 2.05) is 43.3 Å². The zero-order chi connectivity index (χ0) is 13.9. The summed E-state index contributed by atoms with van der Waals surface area (Å²) >= 11 is 0. The highest BCUT2D eigenvalue weighted by Gasteiger charge is 2.22. The summed E-state index contributed by atoms with van der Waals surface area (Å²) in [5, 5.41) is 5.91. The number of carbonyl (C=O) groups is 1. The number of fused-ring (bicyclic) bond motifs is 1. The van der Waals surface area contributed by atoms with E-state index in [1.165, 1.54) is 16.7 Å². The molecular weight excluding hydrogens is 248 g/mol. The van der Waals surface area contributed by atoms with Crippen LogP contribution >= 0.6 is 0 Å². The summed E-state index contributed by atoms with van der Waals surface area (Å²) in [6, 6.07) is 16.2. The number of rotatable bonds is 2. The predicted molar refractivity (Wildman–Crippen MR) is 81.0 cm³/mol. The van der Waals surface area contributed by atoms with Crippen molar-refractivity contribution in [2.45, 2.75) is 25.8 Å². The Balaban J connectivity index is 1.57. The van der Waals surface area contributed by atoms with Crippen LogP contribution < -0.4 is 10.6 Å². The van der Waals surface area contributed by atoms with Crippen LogP contribution in [-0.2, 0) is 12.8 Å². The Morgan fingerprint density at radius 2 is 1.60 bits per heavy atom. The number of hydrogen-bond acceptors (Lipinski definition) is 1. The summed E-state index contributed by atoms with van der Waals surface area (Å²) in [7, 11) is 0. The Kier molecular flexibility index (Phi) is 3.42. The minimum Gasteiger partial charge on any atom is -0.334 e. The number of benzene rings is 2. The van der Waals surface area contributed by atoms with Crippen molar-refractivity contribution in [3.05, 3.63) is 65.2 Å². The first-order chi connectivity index (χ1) is 9.70. The number of amides is 2. The van der Waals surface area contributed by atoms with Gasteiger partial charge in [-0.1, -0.05) is 42.0 Å². The maximum absolute atomic E-state index is 12.0. The van der Waals surface area contributed by atoms with Gasteiger partial charge in [-0.3, -0.25) is 0 Å². The molecule has 2 aromatic carbocycles. The lowest BCUT2D eigenvalue weighted by atomic mass is 10.1. The molecule has 0 saturated heterocycles. The van der Waals surface area contributed by atoms with Gasteiger partial charge in [-0.25, -0.2) is 4.79 Å². The van der Waals surface area contributed by atoms with Crippen LogP contribution in [-0.4, -0.2) is 12.1 Å². The number of aryl methyl sites for hydroxylation is 1. The molecule has 0 atom stereocenters. The Morgan fingerprint density at radius 1 is 1.00 bits per heavy atom. The summed E-state index contributed by atoms with van der Waals surface area (Å²) in [4.78, 5) is 12.0. The minimum atomic E-state index is -0.133. The van der Waals surface area contributed by atoms with Crippen LogP contribution in [0, 0.1) is 6.92 Å². The van der Waals surface area contributed by atoms with E-state index in [1.54, 1.807) is 0 Å². The molecule has 2 N–H and O–H groups in total. The first kappa shape index (κ1) is 12.7. The molecule has 0 saturated carbocycles. The van der Waals surface area contributed by atoms with E-state index in [2.05, 4.69) is 22.8 Å². The molecule has 20 heavy (non-hydrogen) atoms. The van der Waals surface area contributed by atoms with Gasteiger partial charge in [0.1, 0.15) is 0 Å². The van der Waals surface area contributed by atoms with Crippen molar-refractivity contribution < 1.29 is 4.79 Å². The topological polar surface area (TPSA) is 41.1 Å². The standard InChI is InChI=1S/C17H18N2O/c1-12-6-8-15(9-7-12)18-17(20)19-16-10-13-4-2-3-5-14(13)11-16/h2-9,16H,10-11H2,1H3,(H2,18,19,20). The average Bonchev–Trinajstić information content (AvgIpc) is 2.83. The molecule has 0 bridgehead atoms. The van der Waals surface area contributed by atoms with Crippen molar-refractivity contribution in [3.8, 4) is 0 Å². The van der Waals surface area contributed by atoms with Gasteiger partial charge >= 0.3 is 6.03 Å². The minimum absolute atomic E-state index is 0.133. The second-order valence-corrected chi connectivity index (χ2v) is 5.34. The third-order valence-electron chi connectivity index (χ3n) is 3.70. The number of hydrogen-bond donors (Lipinski definition) is 2. The van der Waals surface area contributed by atoms with Crippen LogP contribution in [0.4, 0.5) is 10.5 Å². The monoisotopic (exact) mass is 266 g/mol. The van der Waals surface area contributed by atoms with Gasteiger partial charge in [-0.2, -0.15) is 0 Å². The van der Waals surface area contributed by atoms with Crippen molar-refractivity contribution in [2.75, 3.05) is 5.32 Å². The molecule has 3 nitrogen and oxygen atoms in total. The van der Waals surface area contributed by atoms with Crippen LogP contribution in [0.1, 0.15) is 16.7 Å².